The fourth-order valence-corrected chi connectivity index (χ4v) is 3.72. The topological polar surface area (TPSA) is 67.9 Å². The minimum Gasteiger partial charge on any atom is -0.497 e. The lowest BCUT2D eigenvalue weighted by atomic mass is 9.85. The van der Waals surface area contributed by atoms with Crippen molar-refractivity contribution < 1.29 is 19.1 Å². The van der Waals surface area contributed by atoms with Crippen LogP contribution in [0.2, 0.25) is 0 Å². The van der Waals surface area contributed by atoms with E-state index in [1.807, 2.05) is 18.2 Å². The molecule has 1 N–H and O–H groups in total. The number of benzene rings is 2. The molecule has 31 heavy (non-hydrogen) atoms. The summed E-state index contributed by atoms with van der Waals surface area (Å²) in [5, 5.41) is 3.48. The van der Waals surface area contributed by atoms with E-state index in [1.54, 1.807) is 56.5 Å². The van der Waals surface area contributed by atoms with Crippen LogP contribution >= 0.6 is 0 Å². The standard InChI is InChI=1S/C25H30N2O4/c1-25(2)16-19-9-10-20(31-5)14-21(19)22(26-25)15-23(28)17-7-6-8-18(13-17)24(29)27(3)11-12-30-4/h6-10,13-15,26H,11-12,16H2,1-5H3/b22-15-. The number of nitrogens with one attached hydrogen (secondary N) is 1. The Hall–Kier alpha value is -3.12. The average molecular weight is 423 g/mol. The number of carbonyl (C=O) groups is 2. The van der Waals surface area contributed by atoms with Crippen molar-refractivity contribution in [3.05, 3.63) is 70.8 Å². The van der Waals surface area contributed by atoms with Gasteiger partial charge in [-0.15, -0.1) is 0 Å². The minimum absolute atomic E-state index is 0.147. The van der Waals surface area contributed by atoms with Gasteiger partial charge in [0.1, 0.15) is 5.75 Å². The number of ether oxygens (including phenoxy) is 2. The van der Waals surface area contributed by atoms with E-state index in [0.29, 0.717) is 24.3 Å². The second-order valence-corrected chi connectivity index (χ2v) is 8.43. The monoisotopic (exact) mass is 422 g/mol. The van der Waals surface area contributed by atoms with Crippen molar-refractivity contribution in [2.75, 3.05) is 34.4 Å². The molecule has 6 nitrogen and oxygen atoms in total. The SMILES string of the molecule is COCCN(C)C(=O)c1cccc(C(=O)/C=C2\NC(C)(C)Cc3ccc(OC)cc32)c1. The zero-order valence-electron chi connectivity index (χ0n) is 18.8. The molecule has 2 aromatic carbocycles. The first-order valence-corrected chi connectivity index (χ1v) is 10.3. The van der Waals surface area contributed by atoms with Gasteiger partial charge in [-0.25, -0.2) is 0 Å². The van der Waals surface area contributed by atoms with Gasteiger partial charge in [-0.2, -0.15) is 0 Å². The third kappa shape index (κ3) is 5.33. The predicted molar refractivity (Wildman–Crippen MR) is 121 cm³/mol. The molecule has 0 aromatic heterocycles. The van der Waals surface area contributed by atoms with Crippen molar-refractivity contribution in [2.45, 2.75) is 25.8 Å². The molecule has 6 heteroatoms. The molecule has 2 aromatic rings. The summed E-state index contributed by atoms with van der Waals surface area (Å²) in [5.74, 6) is 0.430. The molecule has 0 bridgehead atoms. The lowest BCUT2D eigenvalue weighted by Gasteiger charge is -2.35. The van der Waals surface area contributed by atoms with Gasteiger partial charge in [0.15, 0.2) is 5.78 Å². The van der Waals surface area contributed by atoms with Gasteiger partial charge in [0.2, 0.25) is 0 Å². The fourth-order valence-electron chi connectivity index (χ4n) is 3.72. The van der Waals surface area contributed by atoms with Crippen LogP contribution in [-0.4, -0.2) is 56.5 Å². The number of carbonyl (C=O) groups excluding carboxylic acids is 2. The summed E-state index contributed by atoms with van der Waals surface area (Å²) in [6.07, 6.45) is 2.45. The second-order valence-electron chi connectivity index (χ2n) is 8.43. The van der Waals surface area contributed by atoms with E-state index in [4.69, 9.17) is 9.47 Å². The maximum Gasteiger partial charge on any atom is 0.253 e. The molecule has 164 valence electrons. The molecule has 1 heterocycles. The number of likely N-dealkylation sites (N-methyl/N-ethyl adjacent to an activating group) is 1. The maximum absolute atomic E-state index is 13.1. The molecule has 0 fully saturated rings. The van der Waals surface area contributed by atoms with Gasteiger partial charge in [-0.05, 0) is 50.1 Å². The van der Waals surface area contributed by atoms with Crippen LogP contribution < -0.4 is 10.1 Å². The molecule has 3 rings (SSSR count). The number of fused-ring (bicyclic) bond motifs is 1. The first-order chi connectivity index (χ1) is 14.7. The average Bonchev–Trinajstić information content (AvgIpc) is 2.76. The van der Waals surface area contributed by atoms with Gasteiger partial charge in [0.25, 0.3) is 5.91 Å². The van der Waals surface area contributed by atoms with Gasteiger partial charge < -0.3 is 19.7 Å². The molecule has 1 aliphatic rings. The molecular weight excluding hydrogens is 392 g/mol. The van der Waals surface area contributed by atoms with E-state index in [1.165, 1.54) is 0 Å². The summed E-state index contributed by atoms with van der Waals surface area (Å²) in [4.78, 5) is 27.3. The summed E-state index contributed by atoms with van der Waals surface area (Å²) < 4.78 is 10.4. The maximum atomic E-state index is 13.1. The highest BCUT2D eigenvalue weighted by Crippen LogP contribution is 2.32. The third-order valence-corrected chi connectivity index (χ3v) is 5.36. The Morgan fingerprint density at radius 2 is 1.87 bits per heavy atom. The van der Waals surface area contributed by atoms with E-state index in [9.17, 15) is 9.59 Å². The Labute approximate surface area is 183 Å². The summed E-state index contributed by atoms with van der Waals surface area (Å²) in [6.45, 7) is 5.15. The quantitative estimate of drug-likeness (QED) is 0.546. The van der Waals surface area contributed by atoms with Gasteiger partial charge in [-0.1, -0.05) is 18.2 Å². The fraction of sp³-hybridized carbons (Fsp3) is 0.360. The van der Waals surface area contributed by atoms with E-state index < -0.39 is 0 Å². The second kappa shape index (κ2) is 9.35. The van der Waals surface area contributed by atoms with Crippen LogP contribution in [0.3, 0.4) is 0 Å². The first-order valence-electron chi connectivity index (χ1n) is 10.3. The number of methoxy groups -OCH3 is 2. The Kier molecular flexibility index (Phi) is 6.81. The summed E-state index contributed by atoms with van der Waals surface area (Å²) >= 11 is 0. The van der Waals surface area contributed by atoms with Gasteiger partial charge in [0.05, 0.1) is 13.7 Å². The van der Waals surface area contributed by atoms with Crippen LogP contribution in [0.1, 0.15) is 45.7 Å². The Balaban J connectivity index is 1.91. The molecular formula is C25H30N2O4. The molecule has 0 radical (unpaired) electrons. The summed E-state index contributed by atoms with van der Waals surface area (Å²) in [6, 6.07) is 12.8. The summed E-state index contributed by atoms with van der Waals surface area (Å²) in [5.41, 5.74) is 3.63. The van der Waals surface area contributed by atoms with Crippen LogP contribution in [0.5, 0.6) is 5.75 Å². The van der Waals surface area contributed by atoms with Crippen LogP contribution in [-0.2, 0) is 11.2 Å². The number of hydrogen-bond donors (Lipinski definition) is 1. The Morgan fingerprint density at radius 3 is 2.58 bits per heavy atom. The lowest BCUT2D eigenvalue weighted by Crippen LogP contribution is -2.43. The zero-order chi connectivity index (χ0) is 22.6. The van der Waals surface area contributed by atoms with Gasteiger partial charge in [0, 0.05) is 54.7 Å². The van der Waals surface area contributed by atoms with Gasteiger partial charge in [-0.3, -0.25) is 9.59 Å². The predicted octanol–water partition coefficient (Wildman–Crippen LogP) is 3.56. The minimum atomic E-state index is -0.185. The van der Waals surface area contributed by atoms with Crippen molar-refractivity contribution in [2.24, 2.45) is 0 Å². The van der Waals surface area contributed by atoms with Crippen molar-refractivity contribution in [1.29, 1.82) is 0 Å². The number of allylic oxidation sites excluding steroid dienone is 1. The Morgan fingerprint density at radius 1 is 1.13 bits per heavy atom. The molecule has 1 aliphatic heterocycles. The highest BCUT2D eigenvalue weighted by molar-refractivity contribution is 6.10. The number of ketones is 1. The number of nitrogens with zero attached hydrogens (tertiary/aromatic N) is 1. The molecule has 1 amide bonds. The van der Waals surface area contributed by atoms with Gasteiger partial charge >= 0.3 is 0 Å². The number of hydrogen-bond acceptors (Lipinski definition) is 5. The number of amides is 1. The van der Waals surface area contributed by atoms with Crippen LogP contribution in [0.15, 0.2) is 48.5 Å². The van der Waals surface area contributed by atoms with Crippen molar-refractivity contribution >= 4 is 17.4 Å². The first kappa shape index (κ1) is 22.6. The normalized spacial score (nSPS) is 15.7. The zero-order valence-corrected chi connectivity index (χ0v) is 18.8. The molecule has 0 saturated carbocycles. The molecule has 0 aliphatic carbocycles. The van der Waals surface area contributed by atoms with Crippen LogP contribution in [0, 0.1) is 0 Å². The highest BCUT2D eigenvalue weighted by atomic mass is 16.5. The van der Waals surface area contributed by atoms with Crippen molar-refractivity contribution in [1.82, 2.24) is 10.2 Å². The van der Waals surface area contributed by atoms with Crippen molar-refractivity contribution in [3.63, 3.8) is 0 Å². The van der Waals surface area contributed by atoms with E-state index in [-0.39, 0.29) is 17.2 Å². The van der Waals surface area contributed by atoms with Crippen LogP contribution in [0.4, 0.5) is 0 Å². The smallest absolute Gasteiger partial charge is 0.253 e. The Bertz CT molecular complexity index is 1010. The van der Waals surface area contributed by atoms with E-state index in [2.05, 4.69) is 19.2 Å². The van der Waals surface area contributed by atoms with Crippen molar-refractivity contribution in [3.8, 4) is 5.75 Å². The largest absolute Gasteiger partial charge is 0.497 e. The third-order valence-electron chi connectivity index (χ3n) is 5.36. The lowest BCUT2D eigenvalue weighted by molar-refractivity contribution is 0.0744. The molecule has 0 atom stereocenters. The van der Waals surface area contributed by atoms with E-state index in [0.717, 1.165) is 29.0 Å². The van der Waals surface area contributed by atoms with E-state index >= 15 is 0 Å². The molecule has 0 unspecified atom stereocenters. The number of rotatable bonds is 7. The molecule has 0 spiro atoms. The van der Waals surface area contributed by atoms with Crippen LogP contribution in [0.25, 0.3) is 5.70 Å². The summed E-state index contributed by atoms with van der Waals surface area (Å²) in [7, 11) is 4.94. The molecule has 0 saturated heterocycles. The highest BCUT2D eigenvalue weighted by Gasteiger charge is 2.28.